The Bertz CT molecular complexity index is 1650. The van der Waals surface area contributed by atoms with Crippen LogP contribution in [0.25, 0.3) is 0 Å². The molecule has 0 bridgehead atoms. The zero-order valence-electron chi connectivity index (χ0n) is 35.0. The van der Waals surface area contributed by atoms with Crippen LogP contribution in [0.5, 0.6) is 0 Å². The highest BCUT2D eigenvalue weighted by Gasteiger charge is 2.36. The van der Waals surface area contributed by atoms with E-state index in [0.717, 1.165) is 0 Å². The Kier molecular flexibility index (Phi) is 22.5. The molecule has 0 heterocycles. The second-order valence-electron chi connectivity index (χ2n) is 15.0. The fraction of sp³-hybridized carbons (Fsp3) is 0.615. The molecule has 21 heteroatoms. The molecule has 1 aromatic carbocycles. The van der Waals surface area contributed by atoms with Crippen molar-refractivity contribution < 1.29 is 63.6 Å². The number of carbonyl (C=O) groups is 9. The number of aliphatic hydroxyl groups excluding tert-OH is 2. The van der Waals surface area contributed by atoms with Crippen molar-refractivity contribution in [3.05, 3.63) is 35.9 Å². The smallest absolute Gasteiger partial charge is 0.326 e. The molecule has 0 aromatic heterocycles. The summed E-state index contributed by atoms with van der Waals surface area (Å²) in [5, 5.41) is 55.3. The van der Waals surface area contributed by atoms with Gasteiger partial charge in [-0.25, -0.2) is 4.79 Å². The number of carbonyl (C=O) groups excluding carboxylic acids is 7. The van der Waals surface area contributed by atoms with Crippen molar-refractivity contribution in [2.24, 2.45) is 23.5 Å². The number of carboxylic acids is 2. The molecule has 60 heavy (non-hydrogen) atoms. The predicted octanol–water partition coefficient (Wildman–Crippen LogP) is -2.74. The second kappa shape index (κ2) is 25.7. The fourth-order valence-corrected chi connectivity index (χ4v) is 5.61. The largest absolute Gasteiger partial charge is 0.481 e. The van der Waals surface area contributed by atoms with Crippen LogP contribution in [0.4, 0.5) is 0 Å². The quantitative estimate of drug-likeness (QED) is 0.0450. The number of rotatable bonds is 26. The van der Waals surface area contributed by atoms with Gasteiger partial charge in [-0.1, -0.05) is 84.7 Å². The summed E-state index contributed by atoms with van der Waals surface area (Å²) in [6, 6.07) is -2.81. The molecule has 0 aliphatic carbocycles. The van der Waals surface area contributed by atoms with E-state index in [1.165, 1.54) is 6.92 Å². The lowest BCUT2D eigenvalue weighted by Crippen LogP contribution is -2.61. The van der Waals surface area contributed by atoms with Crippen LogP contribution in [0.1, 0.15) is 73.3 Å². The molecule has 0 saturated carbocycles. The third-order valence-corrected chi connectivity index (χ3v) is 9.85. The van der Waals surface area contributed by atoms with Gasteiger partial charge < -0.3 is 63.4 Å². The minimum atomic E-state index is -1.62. The van der Waals surface area contributed by atoms with Gasteiger partial charge in [0.15, 0.2) is 0 Å². The van der Waals surface area contributed by atoms with E-state index < -0.39 is 139 Å². The first-order valence-corrected chi connectivity index (χ1v) is 19.7. The highest BCUT2D eigenvalue weighted by Crippen LogP contribution is 2.12. The molecule has 1 rings (SSSR count). The molecule has 0 spiro atoms. The molecule has 0 saturated heterocycles. The van der Waals surface area contributed by atoms with Gasteiger partial charge in [-0.3, -0.25) is 38.4 Å². The van der Waals surface area contributed by atoms with E-state index in [0.29, 0.717) is 18.4 Å². The molecule has 13 N–H and O–H groups in total. The van der Waals surface area contributed by atoms with Crippen molar-refractivity contribution >= 4 is 53.3 Å². The third-order valence-electron chi connectivity index (χ3n) is 9.85. The summed E-state index contributed by atoms with van der Waals surface area (Å²) in [4.78, 5) is 115. The molecule has 1 aromatic rings. The Labute approximate surface area is 348 Å². The van der Waals surface area contributed by atoms with Gasteiger partial charge in [0.25, 0.3) is 0 Å². The highest BCUT2D eigenvalue weighted by atomic mass is 16.4. The van der Waals surface area contributed by atoms with Crippen molar-refractivity contribution in [2.45, 2.75) is 122 Å². The topological polar surface area (TPSA) is 345 Å². The number of carboxylic acid groups (broad SMARTS) is 2. The van der Waals surface area contributed by atoms with Gasteiger partial charge in [0.1, 0.15) is 42.3 Å². The number of amides is 7. The average Bonchev–Trinajstić information content (AvgIpc) is 3.20. The second-order valence-corrected chi connectivity index (χ2v) is 15.0. The van der Waals surface area contributed by atoms with E-state index >= 15 is 0 Å². The minimum absolute atomic E-state index is 0.113. The summed E-state index contributed by atoms with van der Waals surface area (Å²) in [5.41, 5.74) is 6.13. The summed E-state index contributed by atoms with van der Waals surface area (Å²) in [5.74, 6) is -10.5. The predicted molar refractivity (Wildman–Crippen MR) is 215 cm³/mol. The van der Waals surface area contributed by atoms with Crippen LogP contribution in [-0.2, 0) is 49.6 Å². The Hall–Kier alpha value is -5.67. The number of aliphatic carboxylic acids is 2. The lowest BCUT2D eigenvalue weighted by atomic mass is 9.96. The maximum absolute atomic E-state index is 13.7. The first kappa shape index (κ1) is 52.3. The molecule has 0 unspecified atom stereocenters. The van der Waals surface area contributed by atoms with Gasteiger partial charge in [-0.15, -0.1) is 0 Å². The number of benzene rings is 1. The first-order chi connectivity index (χ1) is 28.1. The highest BCUT2D eigenvalue weighted by molar-refractivity contribution is 5.98. The summed E-state index contributed by atoms with van der Waals surface area (Å²) in [6.07, 6.45) is -0.116. The molecule has 7 amide bonds. The van der Waals surface area contributed by atoms with Crippen molar-refractivity contribution in [2.75, 3.05) is 13.2 Å². The Balaban J connectivity index is 3.23. The van der Waals surface area contributed by atoms with E-state index in [4.69, 9.17) is 10.8 Å². The molecule has 21 nitrogen and oxygen atoms in total. The van der Waals surface area contributed by atoms with E-state index in [1.807, 2.05) is 0 Å². The fourth-order valence-electron chi connectivity index (χ4n) is 5.61. The van der Waals surface area contributed by atoms with Crippen LogP contribution in [0, 0.1) is 17.8 Å². The van der Waals surface area contributed by atoms with E-state index in [9.17, 15) is 58.5 Å². The van der Waals surface area contributed by atoms with Crippen LogP contribution >= 0.6 is 0 Å². The maximum Gasteiger partial charge on any atom is 0.326 e. The Morgan fingerprint density at radius 2 is 0.967 bits per heavy atom. The van der Waals surface area contributed by atoms with Crippen molar-refractivity contribution in [3.63, 3.8) is 0 Å². The molecular formula is C39H62N8O13. The summed E-state index contributed by atoms with van der Waals surface area (Å²) < 4.78 is 0. The molecule has 0 radical (unpaired) electrons. The summed E-state index contributed by atoms with van der Waals surface area (Å²) in [7, 11) is 0. The third kappa shape index (κ3) is 16.9. The van der Waals surface area contributed by atoms with Crippen LogP contribution < -0.4 is 43.0 Å². The lowest BCUT2D eigenvalue weighted by molar-refractivity contribution is -0.144. The van der Waals surface area contributed by atoms with Crippen molar-refractivity contribution in [1.82, 2.24) is 37.2 Å². The van der Waals surface area contributed by atoms with Crippen molar-refractivity contribution in [3.8, 4) is 0 Å². The number of nitrogens with one attached hydrogen (secondary N) is 7. The molecular weight excluding hydrogens is 788 g/mol. The van der Waals surface area contributed by atoms with Gasteiger partial charge >= 0.3 is 11.9 Å². The molecule has 0 aliphatic rings. The van der Waals surface area contributed by atoms with Crippen LogP contribution in [-0.4, -0.2) is 135 Å². The summed E-state index contributed by atoms with van der Waals surface area (Å²) >= 11 is 0. The normalized spacial score (nSPS) is 16.1. The number of aliphatic hydroxyl groups is 2. The van der Waals surface area contributed by atoms with Gasteiger partial charge in [-0.2, -0.15) is 0 Å². The Morgan fingerprint density at radius 3 is 1.38 bits per heavy atom. The SMILES string of the molecule is CC[C@H](C)[C@H](NC(=O)[C@H](CO)NC(=O)[C@@H](N)CC(=O)O)C(=O)N[C@@H](C)C(=O)N[C@@H](Cc1ccccc1)C(=O)N[C@@H](CO)C(=O)N[C@H](C(=O)N[C@H](C(=O)O)C(C)C)[C@@H](C)CC. The maximum atomic E-state index is 13.7. The molecule has 10 atom stereocenters. The van der Waals surface area contributed by atoms with E-state index in [1.54, 1.807) is 71.9 Å². The molecule has 336 valence electrons. The molecule has 0 fully saturated rings. The van der Waals surface area contributed by atoms with Gasteiger partial charge in [0.2, 0.25) is 41.4 Å². The van der Waals surface area contributed by atoms with Gasteiger partial charge in [0, 0.05) is 6.42 Å². The number of nitrogens with two attached hydrogens (primary N) is 1. The van der Waals surface area contributed by atoms with Crippen molar-refractivity contribution in [1.29, 1.82) is 0 Å². The molecule has 0 aliphatic heterocycles. The van der Waals surface area contributed by atoms with Crippen LogP contribution in [0.2, 0.25) is 0 Å². The van der Waals surface area contributed by atoms with E-state index in [2.05, 4.69) is 37.2 Å². The van der Waals surface area contributed by atoms with Gasteiger partial charge in [-0.05, 0) is 30.2 Å². The van der Waals surface area contributed by atoms with Gasteiger partial charge in [0.05, 0.1) is 25.7 Å². The Morgan fingerprint density at radius 1 is 0.550 bits per heavy atom. The standard InChI is InChI=1S/C39H62N8O13/c1-8-20(5)30(46-35(55)26(17-48)43-33(53)24(40)16-28(50)51)37(57)41-22(7)32(52)42-25(15-23-13-11-10-12-14-23)34(54)44-27(18-49)36(56)47-31(21(6)9-2)38(58)45-29(19(3)4)39(59)60/h10-14,19-22,24-27,29-31,48-49H,8-9,15-18,40H2,1-7H3,(H,41,57)(H,42,52)(H,43,53)(H,44,54)(H,45,58)(H,46,55)(H,47,56)(H,50,51)(H,59,60)/t20-,21-,22-,24-,25-,26-,27-,29-,30-,31-/m0/s1. The van der Waals surface area contributed by atoms with Crippen LogP contribution in [0.3, 0.4) is 0 Å². The lowest BCUT2D eigenvalue weighted by Gasteiger charge is -2.29. The number of hydrogen-bond donors (Lipinski definition) is 12. The van der Waals surface area contributed by atoms with Crippen LogP contribution in [0.15, 0.2) is 30.3 Å². The average molecular weight is 851 g/mol. The summed E-state index contributed by atoms with van der Waals surface area (Å²) in [6.45, 7) is 9.40. The minimum Gasteiger partial charge on any atom is -0.481 e. The monoisotopic (exact) mass is 850 g/mol. The first-order valence-electron chi connectivity index (χ1n) is 19.7. The zero-order chi connectivity index (χ0) is 45.9. The number of hydrogen-bond acceptors (Lipinski definition) is 12. The zero-order valence-corrected chi connectivity index (χ0v) is 35.0. The van der Waals surface area contributed by atoms with E-state index in [-0.39, 0.29) is 6.42 Å².